The first kappa shape index (κ1) is 22.2. The van der Waals surface area contributed by atoms with Crippen LogP contribution in [0.25, 0.3) is 0 Å². The topological polar surface area (TPSA) is 102 Å². The SMILES string of the molecule is Cc1cc(NC(=O)COC(=O)c2ccc3c(c2)C(=O)N(C[C@@H]2CCCO2)C3=O)ccc1Br. The number of hydrogen-bond donors (Lipinski definition) is 1. The largest absolute Gasteiger partial charge is 0.452 e. The van der Waals surface area contributed by atoms with Gasteiger partial charge in [0.1, 0.15) is 0 Å². The average molecular weight is 501 g/mol. The Kier molecular flexibility index (Phi) is 6.38. The minimum atomic E-state index is -0.757. The van der Waals surface area contributed by atoms with Crippen LogP contribution >= 0.6 is 15.9 Å². The highest BCUT2D eigenvalue weighted by Gasteiger charge is 2.38. The van der Waals surface area contributed by atoms with Gasteiger partial charge in [0.05, 0.1) is 29.3 Å². The number of fused-ring (bicyclic) bond motifs is 1. The van der Waals surface area contributed by atoms with Crippen LogP contribution in [0.1, 0.15) is 49.5 Å². The van der Waals surface area contributed by atoms with Crippen molar-refractivity contribution in [2.45, 2.75) is 25.9 Å². The zero-order valence-electron chi connectivity index (χ0n) is 17.4. The second-order valence-corrected chi connectivity index (χ2v) is 8.56. The van der Waals surface area contributed by atoms with Crippen molar-refractivity contribution in [1.29, 1.82) is 0 Å². The number of nitrogens with zero attached hydrogens (tertiary/aromatic N) is 1. The molecule has 2 aliphatic rings. The summed E-state index contributed by atoms with van der Waals surface area (Å²) in [6.45, 7) is 2.23. The van der Waals surface area contributed by atoms with Crippen molar-refractivity contribution < 1.29 is 28.7 Å². The quantitative estimate of drug-likeness (QED) is 0.482. The molecule has 0 radical (unpaired) electrons. The van der Waals surface area contributed by atoms with Crippen molar-refractivity contribution in [3.8, 4) is 0 Å². The lowest BCUT2D eigenvalue weighted by molar-refractivity contribution is -0.119. The molecule has 2 aromatic rings. The molecule has 166 valence electrons. The van der Waals surface area contributed by atoms with Crippen molar-refractivity contribution in [3.05, 3.63) is 63.1 Å². The van der Waals surface area contributed by atoms with Gasteiger partial charge < -0.3 is 14.8 Å². The van der Waals surface area contributed by atoms with Crippen LogP contribution in [-0.4, -0.2) is 54.5 Å². The number of ether oxygens (including phenoxy) is 2. The Hall–Kier alpha value is -3.04. The van der Waals surface area contributed by atoms with Gasteiger partial charge in [-0.2, -0.15) is 0 Å². The standard InChI is InChI=1S/C23H21BrN2O6/c1-13-9-15(5-7-19(13)24)25-20(27)12-32-23(30)14-4-6-17-18(10-14)22(29)26(21(17)28)11-16-3-2-8-31-16/h4-7,9-10,16H,2-3,8,11-12H2,1H3,(H,25,27)/t16-/m0/s1. The van der Waals surface area contributed by atoms with Gasteiger partial charge in [-0.1, -0.05) is 15.9 Å². The maximum atomic E-state index is 12.7. The predicted molar refractivity (Wildman–Crippen MR) is 119 cm³/mol. The fraction of sp³-hybridized carbons (Fsp3) is 0.304. The van der Waals surface area contributed by atoms with Crippen LogP contribution in [0.3, 0.4) is 0 Å². The molecule has 2 aliphatic heterocycles. The highest BCUT2D eigenvalue weighted by atomic mass is 79.9. The van der Waals surface area contributed by atoms with Crippen molar-refractivity contribution in [2.75, 3.05) is 25.1 Å². The number of hydrogen-bond acceptors (Lipinski definition) is 6. The van der Waals surface area contributed by atoms with E-state index in [1.54, 1.807) is 12.1 Å². The van der Waals surface area contributed by atoms with Crippen molar-refractivity contribution in [1.82, 2.24) is 4.90 Å². The Bertz CT molecular complexity index is 1110. The van der Waals surface area contributed by atoms with Crippen molar-refractivity contribution >= 4 is 45.3 Å². The fourth-order valence-corrected chi connectivity index (χ4v) is 3.96. The predicted octanol–water partition coefficient (Wildman–Crippen LogP) is 3.33. The molecule has 0 aromatic heterocycles. The first-order valence-corrected chi connectivity index (χ1v) is 11.0. The van der Waals surface area contributed by atoms with Gasteiger partial charge in [-0.05, 0) is 61.7 Å². The second-order valence-electron chi connectivity index (χ2n) is 7.70. The molecule has 4 rings (SSSR count). The monoisotopic (exact) mass is 500 g/mol. The molecule has 1 saturated heterocycles. The smallest absolute Gasteiger partial charge is 0.338 e. The van der Waals surface area contributed by atoms with Gasteiger partial charge >= 0.3 is 5.97 Å². The number of benzene rings is 2. The Morgan fingerprint density at radius 3 is 2.66 bits per heavy atom. The molecular weight excluding hydrogens is 480 g/mol. The summed E-state index contributed by atoms with van der Waals surface area (Å²) in [5.41, 5.74) is 2.02. The van der Waals surface area contributed by atoms with Crippen LogP contribution in [0.4, 0.5) is 5.69 Å². The highest BCUT2D eigenvalue weighted by molar-refractivity contribution is 9.10. The highest BCUT2D eigenvalue weighted by Crippen LogP contribution is 2.26. The van der Waals surface area contributed by atoms with Crippen LogP contribution in [-0.2, 0) is 14.3 Å². The average Bonchev–Trinajstić information content (AvgIpc) is 3.37. The molecule has 32 heavy (non-hydrogen) atoms. The Labute approximate surface area is 193 Å². The normalized spacial score (nSPS) is 17.4. The van der Waals surface area contributed by atoms with Crippen LogP contribution < -0.4 is 5.32 Å². The summed E-state index contributed by atoms with van der Waals surface area (Å²) in [5, 5.41) is 2.66. The number of esters is 1. The lowest BCUT2D eigenvalue weighted by atomic mass is 10.1. The number of imide groups is 1. The van der Waals surface area contributed by atoms with Crippen LogP contribution in [0.5, 0.6) is 0 Å². The van der Waals surface area contributed by atoms with E-state index >= 15 is 0 Å². The van der Waals surface area contributed by atoms with Gasteiger partial charge in [0.15, 0.2) is 6.61 Å². The molecule has 2 heterocycles. The second kappa shape index (κ2) is 9.22. The minimum Gasteiger partial charge on any atom is -0.452 e. The van der Waals surface area contributed by atoms with Crippen molar-refractivity contribution in [2.24, 2.45) is 0 Å². The van der Waals surface area contributed by atoms with Crippen LogP contribution in [0.15, 0.2) is 40.9 Å². The van der Waals surface area contributed by atoms with E-state index in [0.29, 0.717) is 12.3 Å². The molecule has 0 unspecified atom stereocenters. The van der Waals surface area contributed by atoms with Gasteiger partial charge in [0, 0.05) is 16.8 Å². The van der Waals surface area contributed by atoms with Gasteiger partial charge in [0.25, 0.3) is 17.7 Å². The zero-order chi connectivity index (χ0) is 22.8. The molecule has 2 aromatic carbocycles. The minimum absolute atomic E-state index is 0.0937. The molecule has 0 saturated carbocycles. The summed E-state index contributed by atoms with van der Waals surface area (Å²) < 4.78 is 11.5. The van der Waals surface area contributed by atoms with E-state index < -0.39 is 30.3 Å². The van der Waals surface area contributed by atoms with Gasteiger partial charge in [-0.15, -0.1) is 0 Å². The Morgan fingerprint density at radius 1 is 1.16 bits per heavy atom. The van der Waals surface area contributed by atoms with Crippen LogP contribution in [0, 0.1) is 6.92 Å². The third kappa shape index (κ3) is 4.58. The Morgan fingerprint density at radius 2 is 1.94 bits per heavy atom. The summed E-state index contributed by atoms with van der Waals surface area (Å²) in [4.78, 5) is 51.0. The van der Waals surface area contributed by atoms with E-state index in [1.165, 1.54) is 18.2 Å². The molecule has 0 aliphatic carbocycles. The van der Waals surface area contributed by atoms with E-state index in [4.69, 9.17) is 9.47 Å². The molecule has 1 atom stereocenters. The summed E-state index contributed by atoms with van der Waals surface area (Å²) in [6, 6.07) is 9.51. The summed E-state index contributed by atoms with van der Waals surface area (Å²) >= 11 is 3.39. The summed E-state index contributed by atoms with van der Waals surface area (Å²) in [6.07, 6.45) is 1.54. The lowest BCUT2D eigenvalue weighted by Crippen LogP contribution is -2.36. The van der Waals surface area contributed by atoms with Crippen molar-refractivity contribution in [3.63, 3.8) is 0 Å². The molecular formula is C23H21BrN2O6. The fourth-order valence-electron chi connectivity index (χ4n) is 3.71. The third-order valence-electron chi connectivity index (χ3n) is 5.39. The van der Waals surface area contributed by atoms with Gasteiger partial charge in [-0.3, -0.25) is 19.3 Å². The number of halogens is 1. The van der Waals surface area contributed by atoms with Gasteiger partial charge in [0.2, 0.25) is 0 Å². The van der Waals surface area contributed by atoms with E-state index in [9.17, 15) is 19.2 Å². The number of amides is 3. The third-order valence-corrected chi connectivity index (χ3v) is 6.28. The molecule has 0 bridgehead atoms. The van der Waals surface area contributed by atoms with Gasteiger partial charge in [-0.25, -0.2) is 4.79 Å². The number of carbonyl (C=O) groups excluding carboxylic acids is 4. The zero-order valence-corrected chi connectivity index (χ0v) is 18.9. The van der Waals surface area contributed by atoms with E-state index in [1.807, 2.05) is 13.0 Å². The first-order chi connectivity index (χ1) is 15.3. The summed E-state index contributed by atoms with van der Waals surface area (Å²) in [7, 11) is 0. The number of aryl methyl sites for hydroxylation is 1. The molecule has 8 nitrogen and oxygen atoms in total. The molecule has 1 fully saturated rings. The lowest BCUT2D eigenvalue weighted by Gasteiger charge is -2.17. The Balaban J connectivity index is 1.37. The summed E-state index contributed by atoms with van der Waals surface area (Å²) in [5.74, 6) is -2.11. The maximum absolute atomic E-state index is 12.7. The number of rotatable bonds is 6. The number of carbonyl (C=O) groups is 4. The maximum Gasteiger partial charge on any atom is 0.338 e. The van der Waals surface area contributed by atoms with E-state index in [0.717, 1.165) is 27.8 Å². The first-order valence-electron chi connectivity index (χ1n) is 10.2. The van der Waals surface area contributed by atoms with E-state index in [-0.39, 0.29) is 29.3 Å². The van der Waals surface area contributed by atoms with E-state index in [2.05, 4.69) is 21.2 Å². The van der Waals surface area contributed by atoms with Crippen LogP contribution in [0.2, 0.25) is 0 Å². The molecule has 0 spiro atoms. The number of anilines is 1. The number of nitrogens with one attached hydrogen (secondary N) is 1. The molecule has 1 N–H and O–H groups in total. The molecule has 3 amide bonds. The molecule has 9 heteroatoms.